The predicted molar refractivity (Wildman–Crippen MR) is 85.7 cm³/mol. The van der Waals surface area contributed by atoms with Gasteiger partial charge in [-0.15, -0.1) is 0 Å². The van der Waals surface area contributed by atoms with Crippen molar-refractivity contribution in [2.75, 3.05) is 32.8 Å². The predicted octanol–water partition coefficient (Wildman–Crippen LogP) is 1.19. The van der Waals surface area contributed by atoms with Gasteiger partial charge in [0.25, 0.3) is 15.9 Å². The first-order valence-corrected chi connectivity index (χ1v) is 9.33. The SMILES string of the molecule is CC(C)CN1CCO[C@H](CN2C(=O)c3ccccc3S2(=O)=O)C1. The molecular formula is C16H22N2O4S. The molecule has 0 unspecified atom stereocenters. The van der Waals surface area contributed by atoms with Gasteiger partial charge in [-0.25, -0.2) is 12.7 Å². The third-order valence-electron chi connectivity index (χ3n) is 4.13. The van der Waals surface area contributed by atoms with Crippen LogP contribution in [-0.4, -0.2) is 62.4 Å². The lowest BCUT2D eigenvalue weighted by atomic mass is 10.1. The highest BCUT2D eigenvalue weighted by Crippen LogP contribution is 2.30. The molecule has 0 N–H and O–H groups in total. The molecule has 0 spiro atoms. The lowest BCUT2D eigenvalue weighted by Gasteiger charge is -2.35. The van der Waals surface area contributed by atoms with Gasteiger partial charge < -0.3 is 4.74 Å². The molecule has 7 heteroatoms. The van der Waals surface area contributed by atoms with E-state index in [-0.39, 0.29) is 23.1 Å². The van der Waals surface area contributed by atoms with E-state index in [9.17, 15) is 13.2 Å². The number of amides is 1. The van der Waals surface area contributed by atoms with Crippen LogP contribution in [0.5, 0.6) is 0 Å². The Morgan fingerprint density at radius 3 is 2.74 bits per heavy atom. The van der Waals surface area contributed by atoms with Gasteiger partial charge in [-0.3, -0.25) is 9.69 Å². The second kappa shape index (κ2) is 6.22. The minimum atomic E-state index is -3.75. The van der Waals surface area contributed by atoms with E-state index in [0.717, 1.165) is 17.4 Å². The number of hydrogen-bond donors (Lipinski definition) is 0. The molecule has 0 aromatic heterocycles. The average molecular weight is 338 g/mol. The van der Waals surface area contributed by atoms with Crippen molar-refractivity contribution >= 4 is 15.9 Å². The molecule has 0 saturated carbocycles. The molecule has 126 valence electrons. The topological polar surface area (TPSA) is 66.9 Å². The lowest BCUT2D eigenvalue weighted by Crippen LogP contribution is -2.49. The van der Waals surface area contributed by atoms with Gasteiger partial charge in [0.1, 0.15) is 4.90 Å². The first-order chi connectivity index (χ1) is 10.9. The van der Waals surface area contributed by atoms with Crippen LogP contribution in [0.1, 0.15) is 24.2 Å². The summed E-state index contributed by atoms with van der Waals surface area (Å²) in [6, 6.07) is 6.35. The molecule has 2 heterocycles. The fourth-order valence-corrected chi connectivity index (χ4v) is 4.77. The zero-order chi connectivity index (χ0) is 16.6. The normalized spacial score (nSPS) is 24.2. The minimum Gasteiger partial charge on any atom is -0.374 e. The molecule has 3 rings (SSSR count). The molecule has 23 heavy (non-hydrogen) atoms. The number of carbonyl (C=O) groups excluding carboxylic acids is 1. The van der Waals surface area contributed by atoms with Crippen LogP contribution in [0.2, 0.25) is 0 Å². The van der Waals surface area contributed by atoms with E-state index in [1.54, 1.807) is 18.2 Å². The van der Waals surface area contributed by atoms with Crippen LogP contribution >= 0.6 is 0 Å². The first kappa shape index (κ1) is 16.4. The van der Waals surface area contributed by atoms with Gasteiger partial charge in [-0.2, -0.15) is 0 Å². The van der Waals surface area contributed by atoms with E-state index in [2.05, 4.69) is 18.7 Å². The van der Waals surface area contributed by atoms with Gasteiger partial charge in [0.2, 0.25) is 0 Å². The average Bonchev–Trinajstić information content (AvgIpc) is 2.69. The van der Waals surface area contributed by atoms with Gasteiger partial charge in [0, 0.05) is 19.6 Å². The Morgan fingerprint density at radius 2 is 2.04 bits per heavy atom. The lowest BCUT2D eigenvalue weighted by molar-refractivity contribution is -0.0361. The highest BCUT2D eigenvalue weighted by Gasteiger charge is 2.42. The Kier molecular flexibility index (Phi) is 4.44. The number of ether oxygens (including phenoxy) is 1. The van der Waals surface area contributed by atoms with Gasteiger partial charge in [-0.05, 0) is 18.1 Å². The standard InChI is InChI=1S/C16H22N2O4S/c1-12(2)9-17-7-8-22-13(10-17)11-18-16(19)14-5-3-4-6-15(14)23(18,20)21/h3-6,12-13H,7-11H2,1-2H3/t13-/m0/s1. The van der Waals surface area contributed by atoms with Crippen molar-refractivity contribution in [2.45, 2.75) is 24.8 Å². The molecular weight excluding hydrogens is 316 g/mol. The zero-order valence-electron chi connectivity index (χ0n) is 13.4. The molecule has 1 saturated heterocycles. The van der Waals surface area contributed by atoms with Crippen LogP contribution in [0.4, 0.5) is 0 Å². The summed E-state index contributed by atoms with van der Waals surface area (Å²) < 4.78 is 31.8. The zero-order valence-corrected chi connectivity index (χ0v) is 14.3. The minimum absolute atomic E-state index is 0.0739. The summed E-state index contributed by atoms with van der Waals surface area (Å²) in [5.41, 5.74) is 0.252. The van der Waals surface area contributed by atoms with E-state index in [1.165, 1.54) is 6.07 Å². The van der Waals surface area contributed by atoms with Crippen LogP contribution in [0, 0.1) is 5.92 Å². The van der Waals surface area contributed by atoms with E-state index in [1.807, 2.05) is 0 Å². The van der Waals surface area contributed by atoms with Crippen molar-refractivity contribution in [2.24, 2.45) is 5.92 Å². The van der Waals surface area contributed by atoms with Crippen LogP contribution in [-0.2, 0) is 14.8 Å². The van der Waals surface area contributed by atoms with E-state index < -0.39 is 15.9 Å². The Bertz CT molecular complexity index is 702. The van der Waals surface area contributed by atoms with Crippen molar-refractivity contribution in [3.05, 3.63) is 29.8 Å². The number of benzene rings is 1. The fraction of sp³-hybridized carbons (Fsp3) is 0.562. The number of hydrogen-bond acceptors (Lipinski definition) is 5. The summed E-state index contributed by atoms with van der Waals surface area (Å²) in [5, 5.41) is 0. The van der Waals surface area contributed by atoms with E-state index in [0.29, 0.717) is 19.1 Å². The maximum atomic E-state index is 12.6. The number of rotatable bonds is 4. The Balaban J connectivity index is 1.75. The smallest absolute Gasteiger partial charge is 0.269 e. The second-order valence-corrected chi connectivity index (χ2v) is 8.31. The van der Waals surface area contributed by atoms with Crippen molar-refractivity contribution in [1.29, 1.82) is 0 Å². The van der Waals surface area contributed by atoms with Crippen LogP contribution in [0.25, 0.3) is 0 Å². The molecule has 1 aromatic rings. The van der Waals surface area contributed by atoms with E-state index in [4.69, 9.17) is 4.74 Å². The summed E-state index contributed by atoms with van der Waals surface area (Å²) in [7, 11) is -3.75. The Labute approximate surface area is 137 Å². The summed E-state index contributed by atoms with van der Waals surface area (Å²) >= 11 is 0. The number of carbonyl (C=O) groups is 1. The summed E-state index contributed by atoms with van der Waals surface area (Å²) in [4.78, 5) is 14.8. The van der Waals surface area contributed by atoms with E-state index >= 15 is 0 Å². The van der Waals surface area contributed by atoms with Gasteiger partial charge in [-0.1, -0.05) is 26.0 Å². The molecule has 1 amide bonds. The molecule has 0 radical (unpaired) electrons. The first-order valence-electron chi connectivity index (χ1n) is 7.89. The number of morpholine rings is 1. The largest absolute Gasteiger partial charge is 0.374 e. The molecule has 1 aromatic carbocycles. The maximum Gasteiger partial charge on any atom is 0.269 e. The molecule has 1 fully saturated rings. The third-order valence-corrected chi connectivity index (χ3v) is 5.93. The molecule has 6 nitrogen and oxygen atoms in total. The van der Waals surface area contributed by atoms with Crippen LogP contribution in [0.3, 0.4) is 0 Å². The Hall–Kier alpha value is -1.44. The van der Waals surface area contributed by atoms with Gasteiger partial charge in [0.15, 0.2) is 0 Å². The van der Waals surface area contributed by atoms with Gasteiger partial charge in [0.05, 0.1) is 24.8 Å². The van der Waals surface area contributed by atoms with Crippen molar-refractivity contribution < 1.29 is 17.9 Å². The van der Waals surface area contributed by atoms with Gasteiger partial charge >= 0.3 is 0 Å². The summed E-state index contributed by atoms with van der Waals surface area (Å²) in [6.07, 6.45) is -0.282. The van der Waals surface area contributed by atoms with Crippen molar-refractivity contribution in [1.82, 2.24) is 9.21 Å². The highest BCUT2D eigenvalue weighted by atomic mass is 32.2. The molecule has 1 atom stereocenters. The highest BCUT2D eigenvalue weighted by molar-refractivity contribution is 7.90. The quantitative estimate of drug-likeness (QED) is 0.825. The molecule has 0 bridgehead atoms. The second-order valence-electron chi connectivity index (χ2n) is 6.48. The number of nitrogens with zero attached hydrogens (tertiary/aromatic N) is 2. The van der Waals surface area contributed by atoms with Crippen molar-refractivity contribution in [3.63, 3.8) is 0 Å². The van der Waals surface area contributed by atoms with Crippen molar-refractivity contribution in [3.8, 4) is 0 Å². The summed E-state index contributed by atoms with van der Waals surface area (Å²) in [6.45, 7) is 7.37. The van der Waals surface area contributed by atoms with Crippen LogP contribution in [0.15, 0.2) is 29.2 Å². The maximum absolute atomic E-state index is 12.6. The third kappa shape index (κ3) is 3.13. The van der Waals surface area contributed by atoms with Crippen LogP contribution < -0.4 is 0 Å². The summed E-state index contributed by atoms with van der Waals surface area (Å²) in [5.74, 6) is 0.0836. The molecule has 0 aliphatic carbocycles. The monoisotopic (exact) mass is 338 g/mol. The Morgan fingerprint density at radius 1 is 1.30 bits per heavy atom. The fourth-order valence-electron chi connectivity index (χ4n) is 3.17. The number of fused-ring (bicyclic) bond motifs is 1. The molecule has 2 aliphatic rings. The molecule has 2 aliphatic heterocycles. The number of sulfonamides is 1.